The monoisotopic (exact) mass is 325 g/mol. The molecule has 1 aromatic carbocycles. The maximum Gasteiger partial charge on any atom is 0.240 e. The fourth-order valence-electron chi connectivity index (χ4n) is 2.92. The minimum atomic E-state index is -3.47. The summed E-state index contributed by atoms with van der Waals surface area (Å²) in [6.07, 6.45) is 2.92. The van der Waals surface area contributed by atoms with Gasteiger partial charge in [-0.2, -0.15) is 0 Å². The Morgan fingerprint density at radius 2 is 2.14 bits per heavy atom. The van der Waals surface area contributed by atoms with Gasteiger partial charge in [-0.1, -0.05) is 18.6 Å². The van der Waals surface area contributed by atoms with Crippen molar-refractivity contribution in [3.05, 3.63) is 29.8 Å². The molecule has 22 heavy (non-hydrogen) atoms. The van der Waals surface area contributed by atoms with Gasteiger partial charge in [0.05, 0.1) is 4.90 Å². The van der Waals surface area contributed by atoms with E-state index in [2.05, 4.69) is 10.0 Å². The second kappa shape index (κ2) is 7.21. The number of hydrogen-bond donors (Lipinski definition) is 3. The van der Waals surface area contributed by atoms with Gasteiger partial charge in [-0.3, -0.25) is 4.79 Å². The van der Waals surface area contributed by atoms with Gasteiger partial charge in [0.1, 0.15) is 0 Å². The lowest BCUT2D eigenvalue weighted by Crippen LogP contribution is -2.34. The molecule has 0 spiro atoms. The molecule has 0 unspecified atom stereocenters. The van der Waals surface area contributed by atoms with Crippen molar-refractivity contribution in [1.29, 1.82) is 0 Å². The third kappa shape index (κ3) is 3.85. The lowest BCUT2D eigenvalue weighted by molar-refractivity contribution is -0.126. The van der Waals surface area contributed by atoms with E-state index in [0.717, 1.165) is 24.8 Å². The molecular formula is C15H23N3O3S. The Hall–Kier alpha value is -1.44. The van der Waals surface area contributed by atoms with E-state index in [0.29, 0.717) is 13.1 Å². The molecule has 0 aliphatic heterocycles. The molecule has 2 atom stereocenters. The smallest absolute Gasteiger partial charge is 0.240 e. The van der Waals surface area contributed by atoms with Gasteiger partial charge in [-0.15, -0.1) is 0 Å². The zero-order valence-corrected chi connectivity index (χ0v) is 13.5. The van der Waals surface area contributed by atoms with Crippen molar-refractivity contribution in [1.82, 2.24) is 10.0 Å². The molecule has 2 rings (SSSR count). The molecule has 1 aliphatic carbocycles. The fraction of sp³-hybridized carbons (Fsp3) is 0.533. The minimum absolute atomic E-state index is 0.00910. The zero-order chi connectivity index (χ0) is 16.2. The Morgan fingerprint density at radius 3 is 2.82 bits per heavy atom. The second-order valence-corrected chi connectivity index (χ2v) is 7.49. The summed E-state index contributed by atoms with van der Waals surface area (Å²) < 4.78 is 25.8. The molecule has 1 saturated carbocycles. The van der Waals surface area contributed by atoms with Crippen molar-refractivity contribution in [2.75, 3.05) is 13.6 Å². The quantitative estimate of drug-likeness (QED) is 0.712. The van der Waals surface area contributed by atoms with E-state index in [9.17, 15) is 13.2 Å². The number of amides is 1. The molecule has 0 aromatic heterocycles. The van der Waals surface area contributed by atoms with Crippen LogP contribution in [0.5, 0.6) is 0 Å². The van der Waals surface area contributed by atoms with Crippen LogP contribution in [0.2, 0.25) is 0 Å². The summed E-state index contributed by atoms with van der Waals surface area (Å²) in [5.41, 5.74) is 6.46. The molecule has 6 nitrogen and oxygen atoms in total. The predicted octanol–water partition coefficient (Wildman–Crippen LogP) is 0.586. The number of hydrogen-bond acceptors (Lipinski definition) is 4. The van der Waals surface area contributed by atoms with E-state index < -0.39 is 10.0 Å². The van der Waals surface area contributed by atoms with Gasteiger partial charge in [0, 0.05) is 12.5 Å². The molecule has 0 heterocycles. The van der Waals surface area contributed by atoms with Gasteiger partial charge >= 0.3 is 0 Å². The van der Waals surface area contributed by atoms with Gasteiger partial charge < -0.3 is 11.1 Å². The highest BCUT2D eigenvalue weighted by Crippen LogP contribution is 2.31. The number of carbonyl (C=O) groups excluding carboxylic acids is 1. The van der Waals surface area contributed by atoms with E-state index in [1.54, 1.807) is 18.2 Å². The molecule has 4 N–H and O–H groups in total. The Morgan fingerprint density at radius 1 is 1.36 bits per heavy atom. The third-order valence-corrected chi connectivity index (χ3v) is 5.65. The van der Waals surface area contributed by atoms with E-state index in [4.69, 9.17) is 5.73 Å². The van der Waals surface area contributed by atoms with Crippen LogP contribution in [0.1, 0.15) is 24.8 Å². The first-order valence-electron chi connectivity index (χ1n) is 7.48. The van der Waals surface area contributed by atoms with Crippen molar-refractivity contribution in [2.24, 2.45) is 17.6 Å². The number of carbonyl (C=O) groups is 1. The fourth-order valence-corrected chi connectivity index (χ4v) is 3.72. The molecule has 1 aliphatic rings. The number of nitrogens with one attached hydrogen (secondary N) is 2. The SMILES string of the molecule is CNS(=O)(=O)c1cccc(CNC(=O)[C@@H]2CCC[C@@H]2CN)c1. The highest BCUT2D eigenvalue weighted by atomic mass is 32.2. The molecule has 1 aromatic rings. The first-order chi connectivity index (χ1) is 10.5. The van der Waals surface area contributed by atoms with Crippen molar-refractivity contribution in [2.45, 2.75) is 30.7 Å². The number of sulfonamides is 1. The maximum atomic E-state index is 12.2. The van der Waals surface area contributed by atoms with Crippen LogP contribution in [-0.2, 0) is 21.4 Å². The third-order valence-electron chi connectivity index (χ3n) is 4.24. The molecule has 0 bridgehead atoms. The number of nitrogens with two attached hydrogens (primary N) is 1. The van der Waals surface area contributed by atoms with E-state index in [1.807, 2.05) is 0 Å². The van der Waals surface area contributed by atoms with E-state index in [1.165, 1.54) is 13.1 Å². The van der Waals surface area contributed by atoms with Crippen LogP contribution in [0.4, 0.5) is 0 Å². The summed E-state index contributed by atoms with van der Waals surface area (Å²) in [7, 11) is -2.10. The van der Waals surface area contributed by atoms with Crippen LogP contribution < -0.4 is 15.8 Å². The van der Waals surface area contributed by atoms with Crippen LogP contribution in [0.3, 0.4) is 0 Å². The molecule has 0 radical (unpaired) electrons. The highest BCUT2D eigenvalue weighted by Gasteiger charge is 2.31. The molecule has 122 valence electrons. The van der Waals surface area contributed by atoms with Crippen molar-refractivity contribution < 1.29 is 13.2 Å². The topological polar surface area (TPSA) is 101 Å². The Kier molecular flexibility index (Phi) is 5.55. The zero-order valence-electron chi connectivity index (χ0n) is 12.7. The van der Waals surface area contributed by atoms with Crippen molar-refractivity contribution in [3.8, 4) is 0 Å². The van der Waals surface area contributed by atoms with Crippen LogP contribution >= 0.6 is 0 Å². The summed E-state index contributed by atoms with van der Waals surface area (Å²) in [4.78, 5) is 12.4. The molecular weight excluding hydrogens is 302 g/mol. The van der Waals surface area contributed by atoms with E-state index >= 15 is 0 Å². The largest absolute Gasteiger partial charge is 0.352 e. The van der Waals surface area contributed by atoms with Gasteiger partial charge in [-0.05, 0) is 50.0 Å². The molecule has 7 heteroatoms. The molecule has 1 amide bonds. The van der Waals surface area contributed by atoms with Gasteiger partial charge in [0.25, 0.3) is 0 Å². The second-order valence-electron chi connectivity index (χ2n) is 5.61. The van der Waals surface area contributed by atoms with Crippen LogP contribution in [-0.4, -0.2) is 27.9 Å². The van der Waals surface area contributed by atoms with Gasteiger partial charge in [0.15, 0.2) is 0 Å². The Labute approximate surface area is 131 Å². The summed E-state index contributed by atoms with van der Waals surface area (Å²) in [6, 6.07) is 6.56. The summed E-state index contributed by atoms with van der Waals surface area (Å²) in [5.74, 6) is 0.250. The summed E-state index contributed by atoms with van der Waals surface area (Å²) in [5, 5.41) is 2.89. The van der Waals surface area contributed by atoms with Crippen LogP contribution in [0.15, 0.2) is 29.2 Å². The van der Waals surface area contributed by atoms with Crippen molar-refractivity contribution in [3.63, 3.8) is 0 Å². The molecule has 1 fully saturated rings. The first kappa shape index (κ1) is 16.9. The lowest BCUT2D eigenvalue weighted by atomic mass is 9.95. The summed E-state index contributed by atoms with van der Waals surface area (Å²) >= 11 is 0. The van der Waals surface area contributed by atoms with Crippen LogP contribution in [0, 0.1) is 11.8 Å². The highest BCUT2D eigenvalue weighted by molar-refractivity contribution is 7.89. The average molecular weight is 325 g/mol. The Bertz CT molecular complexity index is 631. The molecule has 0 saturated heterocycles. The standard InChI is InChI=1S/C15H23N3O3S/c1-17-22(20,21)13-6-2-4-11(8-13)10-18-15(19)14-7-3-5-12(14)9-16/h2,4,6,8,12,14,17H,3,5,7,9-10,16H2,1H3,(H,18,19)/t12-,14-/m1/s1. The number of benzene rings is 1. The minimum Gasteiger partial charge on any atom is -0.352 e. The lowest BCUT2D eigenvalue weighted by Gasteiger charge is -2.17. The van der Waals surface area contributed by atoms with E-state index in [-0.39, 0.29) is 22.6 Å². The van der Waals surface area contributed by atoms with Crippen molar-refractivity contribution >= 4 is 15.9 Å². The first-order valence-corrected chi connectivity index (χ1v) is 8.96. The summed E-state index contributed by atoms with van der Waals surface area (Å²) in [6.45, 7) is 0.855. The normalized spacial score (nSPS) is 21.7. The van der Waals surface area contributed by atoms with Gasteiger partial charge in [-0.25, -0.2) is 13.1 Å². The van der Waals surface area contributed by atoms with Gasteiger partial charge in [0.2, 0.25) is 15.9 Å². The van der Waals surface area contributed by atoms with Crippen LogP contribution in [0.25, 0.3) is 0 Å². The maximum absolute atomic E-state index is 12.2. The Balaban J connectivity index is 2.00. The predicted molar refractivity (Wildman–Crippen MR) is 84.4 cm³/mol. The number of rotatable bonds is 6. The average Bonchev–Trinajstić information content (AvgIpc) is 3.01.